The van der Waals surface area contributed by atoms with Gasteiger partial charge >= 0.3 is 0 Å². The number of hydrogen-bond donors (Lipinski definition) is 1. The molecule has 2 fully saturated rings. The van der Waals surface area contributed by atoms with Gasteiger partial charge in [0.1, 0.15) is 5.58 Å². The van der Waals surface area contributed by atoms with Crippen molar-refractivity contribution in [3.63, 3.8) is 0 Å². The van der Waals surface area contributed by atoms with E-state index in [1.807, 2.05) is 32.0 Å². The van der Waals surface area contributed by atoms with Crippen LogP contribution in [0.2, 0.25) is 0 Å². The zero-order valence-electron chi connectivity index (χ0n) is 14.8. The number of rotatable bonds is 3. The quantitative estimate of drug-likeness (QED) is 0.933. The highest BCUT2D eigenvalue weighted by molar-refractivity contribution is 5.99. The van der Waals surface area contributed by atoms with Crippen molar-refractivity contribution in [2.24, 2.45) is 5.92 Å². The molecule has 132 valence electrons. The molecule has 5 heteroatoms. The van der Waals surface area contributed by atoms with Crippen LogP contribution >= 0.6 is 0 Å². The van der Waals surface area contributed by atoms with E-state index in [-0.39, 0.29) is 17.7 Å². The molecule has 1 saturated heterocycles. The first-order valence-corrected chi connectivity index (χ1v) is 9.12. The van der Waals surface area contributed by atoms with Crippen molar-refractivity contribution in [2.75, 3.05) is 13.1 Å². The fraction of sp³-hybridized carbons (Fsp3) is 0.500. The van der Waals surface area contributed by atoms with Crippen LogP contribution in [0, 0.1) is 19.8 Å². The number of likely N-dealkylation sites (tertiary alicyclic amines) is 1. The average Bonchev–Trinajstić information content (AvgIpc) is 3.37. The van der Waals surface area contributed by atoms with Gasteiger partial charge in [0.25, 0.3) is 5.91 Å². The van der Waals surface area contributed by atoms with Gasteiger partial charge in [0.15, 0.2) is 5.76 Å². The molecular weight excluding hydrogens is 316 g/mol. The van der Waals surface area contributed by atoms with Crippen molar-refractivity contribution in [3.05, 3.63) is 35.1 Å². The Bertz CT molecular complexity index is 835. The summed E-state index contributed by atoms with van der Waals surface area (Å²) in [5.41, 5.74) is 2.77. The molecule has 2 amide bonds. The maximum atomic E-state index is 13.0. The molecule has 0 radical (unpaired) electrons. The van der Waals surface area contributed by atoms with Gasteiger partial charge < -0.3 is 14.6 Å². The Kier molecular flexibility index (Phi) is 4.02. The standard InChI is InChI=1S/C20H24N2O3/c1-12-5-8-17-16(10-12)13(2)18(25-17)20(24)22-9-3-4-14(11-22)19(23)21-15-6-7-15/h5,8,10,14-15H,3-4,6-7,9,11H2,1-2H3,(H,21,23)/t14-/m1/s1. The highest BCUT2D eigenvalue weighted by Gasteiger charge is 2.33. The summed E-state index contributed by atoms with van der Waals surface area (Å²) in [7, 11) is 0. The number of amides is 2. The van der Waals surface area contributed by atoms with Crippen LogP contribution in [-0.2, 0) is 4.79 Å². The van der Waals surface area contributed by atoms with Gasteiger partial charge in [0.05, 0.1) is 5.92 Å². The molecule has 1 saturated carbocycles. The number of piperidine rings is 1. The predicted molar refractivity (Wildman–Crippen MR) is 95.5 cm³/mol. The van der Waals surface area contributed by atoms with Gasteiger partial charge in [-0.15, -0.1) is 0 Å². The fourth-order valence-corrected chi connectivity index (χ4v) is 3.60. The lowest BCUT2D eigenvalue weighted by molar-refractivity contribution is -0.126. The number of carbonyl (C=O) groups is 2. The first-order chi connectivity index (χ1) is 12.0. The highest BCUT2D eigenvalue weighted by Crippen LogP contribution is 2.29. The van der Waals surface area contributed by atoms with Crippen LogP contribution in [0.1, 0.15) is 47.4 Å². The molecule has 0 unspecified atom stereocenters. The van der Waals surface area contributed by atoms with Crippen molar-refractivity contribution < 1.29 is 14.0 Å². The van der Waals surface area contributed by atoms with E-state index >= 15 is 0 Å². The number of furan rings is 1. The monoisotopic (exact) mass is 340 g/mol. The van der Waals surface area contributed by atoms with Crippen LogP contribution in [-0.4, -0.2) is 35.8 Å². The number of benzene rings is 1. The summed E-state index contributed by atoms with van der Waals surface area (Å²) >= 11 is 0. The zero-order valence-corrected chi connectivity index (χ0v) is 14.8. The van der Waals surface area contributed by atoms with Crippen LogP contribution in [0.4, 0.5) is 0 Å². The summed E-state index contributed by atoms with van der Waals surface area (Å²) < 4.78 is 5.85. The number of carbonyl (C=O) groups excluding carboxylic acids is 2. The normalized spacial score (nSPS) is 20.7. The molecule has 1 aromatic heterocycles. The number of aryl methyl sites for hydroxylation is 2. The van der Waals surface area contributed by atoms with E-state index in [9.17, 15) is 9.59 Å². The van der Waals surface area contributed by atoms with E-state index in [4.69, 9.17) is 4.42 Å². The van der Waals surface area contributed by atoms with E-state index < -0.39 is 0 Å². The Labute approximate surface area is 147 Å². The molecule has 0 bridgehead atoms. The lowest BCUT2D eigenvalue weighted by Gasteiger charge is -2.31. The number of nitrogens with one attached hydrogen (secondary N) is 1. The third kappa shape index (κ3) is 3.15. The Balaban J connectivity index is 1.53. The number of nitrogens with zero attached hydrogens (tertiary/aromatic N) is 1. The second kappa shape index (κ2) is 6.21. The molecule has 1 aliphatic carbocycles. The molecule has 2 heterocycles. The predicted octanol–water partition coefficient (Wildman–Crippen LogP) is 3.18. The molecule has 4 rings (SSSR count). The summed E-state index contributed by atoms with van der Waals surface area (Å²) in [5, 5.41) is 4.05. The lowest BCUT2D eigenvalue weighted by Crippen LogP contribution is -2.45. The highest BCUT2D eigenvalue weighted by atomic mass is 16.3. The summed E-state index contributed by atoms with van der Waals surface area (Å²) in [4.78, 5) is 27.1. The maximum absolute atomic E-state index is 13.0. The first kappa shape index (κ1) is 16.2. The van der Waals surface area contributed by atoms with Crippen LogP contribution < -0.4 is 5.32 Å². The van der Waals surface area contributed by atoms with Crippen molar-refractivity contribution >= 4 is 22.8 Å². The number of hydrogen-bond acceptors (Lipinski definition) is 3. The summed E-state index contributed by atoms with van der Waals surface area (Å²) in [6.07, 6.45) is 3.87. The Morgan fingerprint density at radius 2 is 2.00 bits per heavy atom. The lowest BCUT2D eigenvalue weighted by atomic mass is 9.96. The van der Waals surface area contributed by atoms with Crippen LogP contribution in [0.5, 0.6) is 0 Å². The Morgan fingerprint density at radius 3 is 2.76 bits per heavy atom. The average molecular weight is 340 g/mol. The first-order valence-electron chi connectivity index (χ1n) is 9.12. The van der Waals surface area contributed by atoms with Gasteiger partial charge in [-0.25, -0.2) is 0 Å². The van der Waals surface area contributed by atoms with E-state index in [1.54, 1.807) is 4.90 Å². The van der Waals surface area contributed by atoms with Crippen LogP contribution in [0.15, 0.2) is 22.6 Å². The largest absolute Gasteiger partial charge is 0.451 e. The second-order valence-corrected chi connectivity index (χ2v) is 7.43. The smallest absolute Gasteiger partial charge is 0.289 e. The molecule has 1 atom stereocenters. The van der Waals surface area contributed by atoms with Gasteiger partial charge in [-0.3, -0.25) is 9.59 Å². The third-order valence-electron chi connectivity index (χ3n) is 5.29. The fourth-order valence-electron chi connectivity index (χ4n) is 3.60. The van der Waals surface area contributed by atoms with Gasteiger partial charge in [0.2, 0.25) is 5.91 Å². The second-order valence-electron chi connectivity index (χ2n) is 7.43. The summed E-state index contributed by atoms with van der Waals surface area (Å²) in [5.74, 6) is 0.293. The van der Waals surface area contributed by atoms with Crippen LogP contribution in [0.3, 0.4) is 0 Å². The van der Waals surface area contributed by atoms with Crippen LogP contribution in [0.25, 0.3) is 11.0 Å². The minimum absolute atomic E-state index is 0.0944. The molecule has 2 aromatic rings. The Hall–Kier alpha value is -2.30. The van der Waals surface area contributed by atoms with Gasteiger partial charge in [-0.1, -0.05) is 11.6 Å². The van der Waals surface area contributed by atoms with E-state index in [0.717, 1.165) is 47.8 Å². The minimum atomic E-state index is -0.106. The number of fused-ring (bicyclic) bond motifs is 1. The SMILES string of the molecule is Cc1ccc2oc(C(=O)N3CCC[C@@H](C(=O)NC4CC4)C3)c(C)c2c1. The third-order valence-corrected chi connectivity index (χ3v) is 5.29. The molecule has 1 aliphatic heterocycles. The van der Waals surface area contributed by atoms with E-state index in [0.29, 0.717) is 24.9 Å². The molecule has 1 aromatic carbocycles. The minimum Gasteiger partial charge on any atom is -0.451 e. The van der Waals surface area contributed by atoms with Crippen molar-refractivity contribution in [1.82, 2.24) is 10.2 Å². The van der Waals surface area contributed by atoms with Crippen molar-refractivity contribution in [3.8, 4) is 0 Å². The molecule has 5 nitrogen and oxygen atoms in total. The van der Waals surface area contributed by atoms with E-state index in [1.165, 1.54) is 0 Å². The zero-order chi connectivity index (χ0) is 17.6. The molecule has 1 N–H and O–H groups in total. The van der Waals surface area contributed by atoms with Gasteiger partial charge in [-0.2, -0.15) is 0 Å². The molecule has 25 heavy (non-hydrogen) atoms. The summed E-state index contributed by atoms with van der Waals surface area (Å²) in [6.45, 7) is 5.12. The van der Waals surface area contributed by atoms with Crippen molar-refractivity contribution in [1.29, 1.82) is 0 Å². The van der Waals surface area contributed by atoms with Gasteiger partial charge in [0, 0.05) is 30.1 Å². The maximum Gasteiger partial charge on any atom is 0.289 e. The topological polar surface area (TPSA) is 62.6 Å². The molecule has 0 spiro atoms. The molecular formula is C20H24N2O3. The Morgan fingerprint density at radius 1 is 1.20 bits per heavy atom. The summed E-state index contributed by atoms with van der Waals surface area (Å²) in [6, 6.07) is 6.31. The van der Waals surface area contributed by atoms with Gasteiger partial charge in [-0.05, 0) is 51.7 Å². The van der Waals surface area contributed by atoms with Crippen molar-refractivity contribution in [2.45, 2.75) is 45.6 Å². The van der Waals surface area contributed by atoms with E-state index in [2.05, 4.69) is 5.32 Å². The molecule has 2 aliphatic rings.